The van der Waals surface area contributed by atoms with E-state index in [1.807, 2.05) is 12.0 Å². The molecule has 0 aromatic carbocycles. The number of nitrogens with zero attached hydrogens (tertiary/aromatic N) is 2. The van der Waals surface area contributed by atoms with Gasteiger partial charge >= 0.3 is 0 Å². The first-order valence-electron chi connectivity index (χ1n) is 3.61. The van der Waals surface area contributed by atoms with Crippen molar-refractivity contribution >= 4 is 0 Å². The number of hydrogen-bond donors (Lipinski definition) is 0. The summed E-state index contributed by atoms with van der Waals surface area (Å²) in [5.41, 5.74) is 0. The molecule has 0 radical (unpaired) electrons. The van der Waals surface area contributed by atoms with Crippen LogP contribution in [-0.4, -0.2) is 24.3 Å². The van der Waals surface area contributed by atoms with Crippen molar-refractivity contribution in [2.24, 2.45) is 0 Å². The molecule has 0 amide bonds. The molecule has 0 aliphatic carbocycles. The summed E-state index contributed by atoms with van der Waals surface area (Å²) in [5.74, 6) is 0. The van der Waals surface area contributed by atoms with E-state index in [4.69, 9.17) is 10.1 Å². The minimum atomic E-state index is 0.257. The van der Waals surface area contributed by atoms with Gasteiger partial charge in [-0.3, -0.25) is 4.84 Å². The molecule has 1 saturated heterocycles. The van der Waals surface area contributed by atoms with Gasteiger partial charge in [-0.1, -0.05) is 0 Å². The Labute approximate surface area is 61.1 Å². The summed E-state index contributed by atoms with van der Waals surface area (Å²) >= 11 is 0. The fourth-order valence-corrected chi connectivity index (χ4v) is 1.05. The Bertz CT molecular complexity index is 135. The molecular formula is C7H12N2O. The smallest absolute Gasteiger partial charge is 0.0698 e. The minimum Gasteiger partial charge on any atom is -0.299 e. The van der Waals surface area contributed by atoms with E-state index in [9.17, 15) is 0 Å². The molecule has 0 aromatic rings. The van der Waals surface area contributed by atoms with Crippen molar-refractivity contribution in [1.29, 1.82) is 5.26 Å². The van der Waals surface area contributed by atoms with Gasteiger partial charge in [0.25, 0.3) is 0 Å². The Morgan fingerprint density at radius 1 is 1.80 bits per heavy atom. The largest absolute Gasteiger partial charge is 0.299 e. The van der Waals surface area contributed by atoms with Gasteiger partial charge in [0, 0.05) is 12.6 Å². The standard InChI is InChI=1S/C7H12N2O/c1-7(3-4-8)9-5-2-6-10-9/h7H,2-3,5-6H2,1H3. The van der Waals surface area contributed by atoms with Crippen molar-refractivity contribution in [2.75, 3.05) is 13.2 Å². The van der Waals surface area contributed by atoms with Crippen LogP contribution < -0.4 is 0 Å². The number of hydrogen-bond acceptors (Lipinski definition) is 3. The first kappa shape index (κ1) is 7.52. The highest BCUT2D eigenvalue weighted by Crippen LogP contribution is 2.10. The van der Waals surface area contributed by atoms with Crippen LogP contribution in [0.3, 0.4) is 0 Å². The molecule has 0 aromatic heterocycles. The molecular weight excluding hydrogens is 128 g/mol. The third-order valence-corrected chi connectivity index (χ3v) is 1.66. The second-order valence-corrected chi connectivity index (χ2v) is 2.54. The molecule has 56 valence electrons. The van der Waals surface area contributed by atoms with E-state index in [1.54, 1.807) is 0 Å². The van der Waals surface area contributed by atoms with Crippen molar-refractivity contribution in [3.8, 4) is 6.07 Å². The average Bonchev–Trinajstić information content (AvgIpc) is 2.38. The molecule has 1 rings (SSSR count). The maximum atomic E-state index is 8.36. The molecule has 3 nitrogen and oxygen atoms in total. The monoisotopic (exact) mass is 140 g/mol. The van der Waals surface area contributed by atoms with E-state index in [1.165, 1.54) is 0 Å². The fourth-order valence-electron chi connectivity index (χ4n) is 1.05. The van der Waals surface area contributed by atoms with Crippen molar-refractivity contribution in [2.45, 2.75) is 25.8 Å². The highest BCUT2D eigenvalue weighted by atomic mass is 16.7. The third kappa shape index (κ3) is 1.69. The van der Waals surface area contributed by atoms with Gasteiger partial charge in [-0.25, -0.2) is 0 Å². The summed E-state index contributed by atoms with van der Waals surface area (Å²) in [4.78, 5) is 5.25. The lowest BCUT2D eigenvalue weighted by atomic mass is 10.2. The SMILES string of the molecule is CC(CC#N)N1CCCO1. The van der Waals surface area contributed by atoms with E-state index in [0.29, 0.717) is 6.42 Å². The van der Waals surface area contributed by atoms with Crippen molar-refractivity contribution in [3.63, 3.8) is 0 Å². The maximum absolute atomic E-state index is 8.36. The van der Waals surface area contributed by atoms with Gasteiger partial charge in [0.15, 0.2) is 0 Å². The zero-order valence-corrected chi connectivity index (χ0v) is 6.21. The number of hydroxylamine groups is 2. The lowest BCUT2D eigenvalue weighted by Crippen LogP contribution is -2.28. The Hall–Kier alpha value is -0.590. The van der Waals surface area contributed by atoms with E-state index >= 15 is 0 Å². The summed E-state index contributed by atoms with van der Waals surface area (Å²) in [6, 6.07) is 2.38. The first-order chi connectivity index (χ1) is 4.84. The molecule has 0 saturated carbocycles. The molecule has 10 heavy (non-hydrogen) atoms. The first-order valence-corrected chi connectivity index (χ1v) is 3.61. The second kappa shape index (κ2) is 3.55. The van der Waals surface area contributed by atoms with Crippen LogP contribution in [0.25, 0.3) is 0 Å². The van der Waals surface area contributed by atoms with Crippen LogP contribution in [-0.2, 0) is 4.84 Å². The van der Waals surface area contributed by atoms with E-state index in [2.05, 4.69) is 6.07 Å². The Morgan fingerprint density at radius 2 is 2.60 bits per heavy atom. The van der Waals surface area contributed by atoms with Crippen LogP contribution in [0, 0.1) is 11.3 Å². The predicted molar refractivity (Wildman–Crippen MR) is 37.0 cm³/mol. The quantitative estimate of drug-likeness (QED) is 0.572. The van der Waals surface area contributed by atoms with Crippen molar-refractivity contribution < 1.29 is 4.84 Å². The van der Waals surface area contributed by atoms with Gasteiger partial charge in [0.1, 0.15) is 0 Å². The van der Waals surface area contributed by atoms with Crippen molar-refractivity contribution in [3.05, 3.63) is 0 Å². The molecule has 1 aliphatic heterocycles. The predicted octanol–water partition coefficient (Wildman–Crippen LogP) is 0.926. The van der Waals surface area contributed by atoms with Crippen LogP contribution in [0.15, 0.2) is 0 Å². The van der Waals surface area contributed by atoms with Gasteiger partial charge in [0.2, 0.25) is 0 Å². The zero-order valence-electron chi connectivity index (χ0n) is 6.21. The van der Waals surface area contributed by atoms with E-state index in [0.717, 1.165) is 19.6 Å². The molecule has 1 heterocycles. The zero-order chi connectivity index (χ0) is 7.40. The Balaban J connectivity index is 2.26. The third-order valence-electron chi connectivity index (χ3n) is 1.66. The normalized spacial score (nSPS) is 22.4. The summed E-state index contributed by atoms with van der Waals surface area (Å²) in [7, 11) is 0. The van der Waals surface area contributed by atoms with Crippen LogP contribution in [0.1, 0.15) is 19.8 Å². The lowest BCUT2D eigenvalue weighted by Gasteiger charge is -2.18. The summed E-state index contributed by atoms with van der Waals surface area (Å²) < 4.78 is 0. The lowest BCUT2D eigenvalue weighted by molar-refractivity contribution is -0.135. The number of rotatable bonds is 2. The molecule has 1 aliphatic rings. The minimum absolute atomic E-state index is 0.257. The van der Waals surface area contributed by atoms with Crippen LogP contribution in [0.2, 0.25) is 0 Å². The van der Waals surface area contributed by atoms with Crippen LogP contribution in [0.5, 0.6) is 0 Å². The van der Waals surface area contributed by atoms with Gasteiger partial charge in [0.05, 0.1) is 19.1 Å². The van der Waals surface area contributed by atoms with Gasteiger partial charge in [-0.2, -0.15) is 10.3 Å². The maximum Gasteiger partial charge on any atom is 0.0698 e. The molecule has 1 unspecified atom stereocenters. The highest BCUT2D eigenvalue weighted by molar-refractivity contribution is 4.77. The summed E-state index contributed by atoms with van der Waals surface area (Å²) in [6.07, 6.45) is 1.65. The fraction of sp³-hybridized carbons (Fsp3) is 0.857. The van der Waals surface area contributed by atoms with Gasteiger partial charge in [-0.15, -0.1) is 0 Å². The van der Waals surface area contributed by atoms with Gasteiger partial charge < -0.3 is 0 Å². The molecule has 0 bridgehead atoms. The van der Waals surface area contributed by atoms with E-state index < -0.39 is 0 Å². The molecule has 0 N–H and O–H groups in total. The number of nitriles is 1. The Kier molecular flexibility index (Phi) is 2.67. The molecule has 1 fully saturated rings. The van der Waals surface area contributed by atoms with E-state index in [-0.39, 0.29) is 6.04 Å². The second-order valence-electron chi connectivity index (χ2n) is 2.54. The molecule has 3 heteroatoms. The summed E-state index contributed by atoms with van der Waals surface area (Å²) in [6.45, 7) is 3.80. The Morgan fingerprint density at radius 3 is 3.10 bits per heavy atom. The van der Waals surface area contributed by atoms with Crippen molar-refractivity contribution in [1.82, 2.24) is 5.06 Å². The summed E-state index contributed by atoms with van der Waals surface area (Å²) in [5, 5.41) is 10.3. The topological polar surface area (TPSA) is 36.3 Å². The average molecular weight is 140 g/mol. The molecule has 1 atom stereocenters. The van der Waals surface area contributed by atoms with Crippen LogP contribution in [0.4, 0.5) is 0 Å². The molecule has 0 spiro atoms. The highest BCUT2D eigenvalue weighted by Gasteiger charge is 2.18. The van der Waals surface area contributed by atoms with Gasteiger partial charge in [-0.05, 0) is 13.3 Å². The van der Waals surface area contributed by atoms with Crippen LogP contribution >= 0.6 is 0 Å².